The monoisotopic (exact) mass is 265 g/mol. The van der Waals surface area contributed by atoms with Crippen molar-refractivity contribution in [1.29, 1.82) is 0 Å². The number of halogens is 5. The van der Waals surface area contributed by atoms with Gasteiger partial charge in [0.05, 0.1) is 0 Å². The quantitative estimate of drug-likeness (QED) is 0.543. The van der Waals surface area contributed by atoms with Crippen LogP contribution in [0.1, 0.15) is 0 Å². The van der Waals surface area contributed by atoms with Crippen LogP contribution in [0, 0.1) is 0 Å². The molecule has 0 aromatic carbocycles. The minimum absolute atomic E-state index is 0. The van der Waals surface area contributed by atoms with E-state index >= 15 is 0 Å². The summed E-state index contributed by atoms with van der Waals surface area (Å²) >= 11 is -7.40. The van der Waals surface area contributed by atoms with Gasteiger partial charge in [-0.05, 0) is 0 Å². The molecular formula is C2H4F5NO3Se. The summed E-state index contributed by atoms with van der Waals surface area (Å²) in [6.45, 7) is 0. The van der Waals surface area contributed by atoms with Crippen LogP contribution in [-0.4, -0.2) is 24.0 Å². The summed E-state index contributed by atoms with van der Waals surface area (Å²) in [5, 5.41) is 0. The average Bonchev–Trinajstić information content (AvgIpc) is 1.58. The molecule has 0 heterocycles. The van der Waals surface area contributed by atoms with Gasteiger partial charge in [0.15, 0.2) is 0 Å². The van der Waals surface area contributed by atoms with Crippen molar-refractivity contribution < 1.29 is 33.8 Å². The van der Waals surface area contributed by atoms with Gasteiger partial charge in [0.25, 0.3) is 0 Å². The normalized spacial score (nSPS) is 13.8. The predicted molar refractivity (Wildman–Crippen MR) is 24.1 cm³/mol. The second kappa shape index (κ2) is 3.21. The van der Waals surface area contributed by atoms with Gasteiger partial charge in [0.2, 0.25) is 0 Å². The van der Waals surface area contributed by atoms with Gasteiger partial charge in [-0.2, -0.15) is 0 Å². The smallest absolute Gasteiger partial charge is 0.369 e. The van der Waals surface area contributed by atoms with E-state index in [1.165, 1.54) is 0 Å². The summed E-state index contributed by atoms with van der Waals surface area (Å²) in [6, 6.07) is 0. The van der Waals surface area contributed by atoms with Crippen LogP contribution in [0.4, 0.5) is 22.0 Å². The molecule has 0 spiro atoms. The van der Waals surface area contributed by atoms with Gasteiger partial charge >= 0.3 is 57.8 Å². The molecule has 4 N–H and O–H groups in total. The van der Waals surface area contributed by atoms with Crippen LogP contribution in [0.15, 0.2) is 0 Å². The number of alkyl halides is 5. The zero-order valence-corrected chi connectivity index (χ0v) is 7.24. The first-order chi connectivity index (χ1) is 4.50. The van der Waals surface area contributed by atoms with Crippen molar-refractivity contribution in [2.24, 2.45) is 0 Å². The summed E-state index contributed by atoms with van der Waals surface area (Å²) in [4.78, 5) is -6.14. The van der Waals surface area contributed by atoms with E-state index < -0.39 is 24.0 Å². The third kappa shape index (κ3) is 2.34. The summed E-state index contributed by atoms with van der Waals surface area (Å²) in [7, 11) is 0. The van der Waals surface area contributed by atoms with Gasteiger partial charge in [0.1, 0.15) is 0 Å². The third-order valence-corrected chi connectivity index (χ3v) is 2.45. The van der Waals surface area contributed by atoms with Gasteiger partial charge in [-0.15, -0.1) is 0 Å². The molecule has 4 nitrogen and oxygen atoms in total. The maximum atomic E-state index is 11.4. The Morgan fingerprint density at radius 2 is 1.25 bits per heavy atom. The van der Waals surface area contributed by atoms with Crippen LogP contribution in [0.3, 0.4) is 0 Å². The van der Waals surface area contributed by atoms with Crippen molar-refractivity contribution in [2.75, 3.05) is 0 Å². The van der Waals surface area contributed by atoms with E-state index in [9.17, 15) is 33.8 Å². The molecule has 0 bridgehead atoms. The first-order valence-electron chi connectivity index (χ1n) is 1.90. The van der Waals surface area contributed by atoms with Crippen molar-refractivity contribution in [3.8, 4) is 0 Å². The van der Waals surface area contributed by atoms with Gasteiger partial charge in [0, 0.05) is 0 Å². The van der Waals surface area contributed by atoms with Crippen molar-refractivity contribution in [1.82, 2.24) is 6.15 Å². The Hall–Kier alpha value is -0.311. The molecule has 0 amide bonds. The average molecular weight is 264 g/mol. The molecule has 0 fully saturated rings. The summed E-state index contributed by atoms with van der Waals surface area (Å²) in [5.74, 6) is 0. The van der Waals surface area contributed by atoms with E-state index in [0.717, 1.165) is 0 Å². The van der Waals surface area contributed by atoms with E-state index in [1.807, 2.05) is 0 Å². The Bertz CT molecular complexity index is 242. The van der Waals surface area contributed by atoms with Crippen LogP contribution in [0.2, 0.25) is 0 Å². The van der Waals surface area contributed by atoms with Crippen LogP contribution in [0.5, 0.6) is 0 Å². The molecule has 0 aromatic rings. The minimum atomic E-state index is -7.40. The Kier molecular flexibility index (Phi) is 3.80. The van der Waals surface area contributed by atoms with E-state index in [-0.39, 0.29) is 6.15 Å². The molecule has 10 heteroatoms. The molecule has 0 aromatic heterocycles. The maximum Gasteiger partial charge on any atom is -0.369 e. The Morgan fingerprint density at radius 3 is 1.25 bits per heavy atom. The summed E-state index contributed by atoms with van der Waals surface area (Å²) < 4.78 is 84.0. The topological polar surface area (TPSA) is 93.7 Å². The Morgan fingerprint density at radius 1 is 1.00 bits per heavy atom. The molecule has 0 rings (SSSR count). The van der Waals surface area contributed by atoms with Crippen LogP contribution in [0.25, 0.3) is 0 Å². The molecule has 0 saturated carbocycles. The SMILES string of the molecule is O=[Se](=O)([O-])C(F)(F)C(F)(F)F.[NH4+]. The fourth-order valence-corrected chi connectivity index (χ4v) is 0.736. The first kappa shape index (κ1) is 14.2. The summed E-state index contributed by atoms with van der Waals surface area (Å²) in [5.41, 5.74) is 0. The number of hydrogen-bond acceptors (Lipinski definition) is 3. The number of hydrogen-bond donors (Lipinski definition) is 1. The van der Waals surface area contributed by atoms with E-state index in [1.54, 1.807) is 0 Å². The van der Waals surface area contributed by atoms with Crippen molar-refractivity contribution in [3.63, 3.8) is 0 Å². The van der Waals surface area contributed by atoms with E-state index in [0.29, 0.717) is 0 Å². The fourth-order valence-electron chi connectivity index (χ4n) is 0.142. The van der Waals surface area contributed by atoms with Gasteiger partial charge < -0.3 is 6.15 Å². The largest absolute Gasteiger partial charge is 0.369 e. The molecule has 0 saturated heterocycles. The minimum Gasteiger partial charge on any atom is -0.369 e. The Labute approximate surface area is 64.9 Å². The zero-order chi connectivity index (χ0) is 9.50. The van der Waals surface area contributed by atoms with Crippen LogP contribution < -0.4 is 10.3 Å². The Balaban J connectivity index is 0. The fraction of sp³-hybridized carbons (Fsp3) is 1.00. The van der Waals surface area contributed by atoms with Crippen molar-refractivity contribution in [3.05, 3.63) is 0 Å². The number of quaternary nitrogens is 1. The van der Waals surface area contributed by atoms with E-state index in [2.05, 4.69) is 0 Å². The van der Waals surface area contributed by atoms with Gasteiger partial charge in [-0.1, -0.05) is 0 Å². The molecule has 0 aliphatic rings. The van der Waals surface area contributed by atoms with Crippen LogP contribution >= 0.6 is 0 Å². The molecule has 0 aliphatic carbocycles. The molecule has 76 valence electrons. The molecule has 0 radical (unpaired) electrons. The second-order valence-corrected chi connectivity index (χ2v) is 4.45. The maximum absolute atomic E-state index is 11.4. The molecular weight excluding hydrogens is 260 g/mol. The zero-order valence-electron chi connectivity index (χ0n) is 5.52. The predicted octanol–water partition coefficient (Wildman–Crippen LogP) is 0.260. The van der Waals surface area contributed by atoms with Crippen molar-refractivity contribution >= 4 is 13.0 Å². The standard InChI is InChI=1S/C2HF5O3Se.H3N/c3-1(4,5)2(6,7)11(8,9)10;/h(H,8,9,10);1H3. The summed E-state index contributed by atoms with van der Waals surface area (Å²) in [6.07, 6.45) is -6.32. The number of rotatable bonds is 1. The van der Waals surface area contributed by atoms with Crippen molar-refractivity contribution in [2.45, 2.75) is 11.0 Å². The first-order valence-corrected chi connectivity index (χ1v) is 4.85. The van der Waals surface area contributed by atoms with Gasteiger partial charge in [-0.3, -0.25) is 0 Å². The molecule has 0 atom stereocenters. The molecule has 0 unspecified atom stereocenters. The third-order valence-electron chi connectivity index (χ3n) is 0.644. The van der Waals surface area contributed by atoms with E-state index in [4.69, 9.17) is 0 Å². The van der Waals surface area contributed by atoms with Gasteiger partial charge in [-0.25, -0.2) is 0 Å². The molecule has 0 aliphatic heterocycles. The molecule has 12 heavy (non-hydrogen) atoms. The van der Waals surface area contributed by atoms with Crippen LogP contribution in [-0.2, 0) is 7.67 Å². The second-order valence-electron chi connectivity index (χ2n) is 1.47.